The second kappa shape index (κ2) is 5.93. The third-order valence-electron chi connectivity index (χ3n) is 3.83. The molecule has 0 spiro atoms. The number of nitrogens with zero attached hydrogens (tertiary/aromatic N) is 4. The van der Waals surface area contributed by atoms with Crippen LogP contribution >= 0.6 is 0 Å². The molecule has 7 heteroatoms. The highest BCUT2D eigenvalue weighted by atomic mass is 16.7. The van der Waals surface area contributed by atoms with Crippen molar-refractivity contribution in [2.24, 2.45) is 11.0 Å². The summed E-state index contributed by atoms with van der Waals surface area (Å²) in [6, 6.07) is 5.80. The van der Waals surface area contributed by atoms with Gasteiger partial charge in [-0.1, -0.05) is 17.2 Å². The van der Waals surface area contributed by atoms with E-state index in [0.29, 0.717) is 26.1 Å². The molecule has 1 fully saturated rings. The van der Waals surface area contributed by atoms with Crippen molar-refractivity contribution >= 4 is 5.91 Å². The molecule has 2 aliphatic rings. The Kier molecular flexibility index (Phi) is 3.83. The summed E-state index contributed by atoms with van der Waals surface area (Å²) in [5.41, 5.74) is 9.39. The predicted octanol–water partition coefficient (Wildman–Crippen LogP) is 2.12. The summed E-state index contributed by atoms with van der Waals surface area (Å²) in [6.07, 6.45) is 1.19. The number of azide groups is 1. The van der Waals surface area contributed by atoms with Gasteiger partial charge < -0.3 is 14.4 Å². The number of carbonyl (C=O) groups excluding carboxylic acids is 1. The Hall–Kier alpha value is -2.40. The maximum Gasteiger partial charge on any atom is 0.231 e. The normalized spacial score (nSPS) is 19.7. The van der Waals surface area contributed by atoms with Crippen LogP contribution in [0.25, 0.3) is 10.4 Å². The summed E-state index contributed by atoms with van der Waals surface area (Å²) in [5, 5.41) is 3.55. The van der Waals surface area contributed by atoms with Crippen LogP contribution in [0, 0.1) is 5.92 Å². The molecule has 1 atom stereocenters. The molecular weight excluding hydrogens is 272 g/mol. The van der Waals surface area contributed by atoms with E-state index in [1.807, 2.05) is 23.1 Å². The highest BCUT2D eigenvalue weighted by Gasteiger charge is 2.29. The second-order valence-corrected chi connectivity index (χ2v) is 5.22. The van der Waals surface area contributed by atoms with Crippen molar-refractivity contribution in [1.29, 1.82) is 0 Å². The molecule has 0 N–H and O–H groups in total. The van der Waals surface area contributed by atoms with Crippen LogP contribution in [0.3, 0.4) is 0 Å². The number of rotatable bonds is 5. The molecule has 1 amide bonds. The number of carbonyl (C=O) groups is 1. The van der Waals surface area contributed by atoms with Crippen LogP contribution in [0.5, 0.6) is 11.5 Å². The third-order valence-corrected chi connectivity index (χ3v) is 3.83. The number of benzene rings is 1. The molecule has 1 aromatic carbocycles. The largest absolute Gasteiger partial charge is 0.454 e. The van der Waals surface area contributed by atoms with E-state index in [1.165, 1.54) is 0 Å². The number of para-hydroxylation sites is 1. The van der Waals surface area contributed by atoms with Gasteiger partial charge in [-0.25, -0.2) is 0 Å². The first-order chi connectivity index (χ1) is 10.3. The van der Waals surface area contributed by atoms with Gasteiger partial charge in [-0.2, -0.15) is 0 Å². The Morgan fingerprint density at radius 3 is 3.19 bits per heavy atom. The summed E-state index contributed by atoms with van der Waals surface area (Å²) in [7, 11) is 0. The molecule has 21 heavy (non-hydrogen) atoms. The first-order valence-electron chi connectivity index (χ1n) is 6.94. The lowest BCUT2D eigenvalue weighted by molar-refractivity contribution is -0.127. The molecule has 110 valence electrons. The number of hydrogen-bond acceptors (Lipinski definition) is 4. The zero-order valence-electron chi connectivity index (χ0n) is 11.6. The monoisotopic (exact) mass is 288 g/mol. The molecule has 7 nitrogen and oxygen atoms in total. The Bertz CT molecular complexity index is 598. The lowest BCUT2D eigenvalue weighted by Gasteiger charge is -2.16. The van der Waals surface area contributed by atoms with Gasteiger partial charge in [-0.3, -0.25) is 4.79 Å². The molecule has 1 saturated heterocycles. The van der Waals surface area contributed by atoms with Crippen LogP contribution in [-0.2, 0) is 11.2 Å². The molecular formula is C14H16N4O3. The van der Waals surface area contributed by atoms with Crippen LogP contribution in [0.15, 0.2) is 23.3 Å². The Morgan fingerprint density at radius 1 is 1.43 bits per heavy atom. The summed E-state index contributed by atoms with van der Waals surface area (Å²) < 4.78 is 10.8. The van der Waals surface area contributed by atoms with Gasteiger partial charge >= 0.3 is 0 Å². The lowest BCUT2D eigenvalue weighted by Crippen LogP contribution is -2.27. The average Bonchev–Trinajstić information content (AvgIpc) is 3.09. The van der Waals surface area contributed by atoms with Crippen molar-refractivity contribution in [3.05, 3.63) is 34.2 Å². The molecule has 3 rings (SSSR count). The van der Waals surface area contributed by atoms with Crippen LogP contribution in [-0.4, -0.2) is 37.2 Å². The van der Waals surface area contributed by atoms with Crippen molar-refractivity contribution in [2.75, 3.05) is 26.4 Å². The Morgan fingerprint density at radius 2 is 2.33 bits per heavy atom. The smallest absolute Gasteiger partial charge is 0.231 e. The number of fused-ring (bicyclic) bond motifs is 1. The molecule has 2 aliphatic heterocycles. The van der Waals surface area contributed by atoms with Crippen molar-refractivity contribution in [1.82, 2.24) is 4.90 Å². The quantitative estimate of drug-likeness (QED) is 0.472. The predicted molar refractivity (Wildman–Crippen MR) is 75.0 cm³/mol. The van der Waals surface area contributed by atoms with Crippen LogP contribution in [0.2, 0.25) is 0 Å². The molecule has 0 aromatic heterocycles. The zero-order chi connectivity index (χ0) is 14.7. The molecule has 0 radical (unpaired) electrons. The zero-order valence-corrected chi connectivity index (χ0v) is 11.6. The first kappa shape index (κ1) is 13.6. The van der Waals surface area contributed by atoms with E-state index in [-0.39, 0.29) is 18.6 Å². The van der Waals surface area contributed by atoms with Crippen molar-refractivity contribution in [2.45, 2.75) is 12.8 Å². The second-order valence-electron chi connectivity index (χ2n) is 5.22. The number of likely N-dealkylation sites (tertiary alicyclic amines) is 1. The van der Waals surface area contributed by atoms with E-state index in [1.54, 1.807) is 0 Å². The van der Waals surface area contributed by atoms with Crippen molar-refractivity contribution < 1.29 is 14.3 Å². The van der Waals surface area contributed by atoms with Crippen LogP contribution < -0.4 is 9.47 Å². The Labute approximate surface area is 122 Å². The summed E-state index contributed by atoms with van der Waals surface area (Å²) in [4.78, 5) is 16.5. The van der Waals surface area contributed by atoms with E-state index in [2.05, 4.69) is 10.0 Å². The fourth-order valence-electron chi connectivity index (χ4n) is 2.79. The van der Waals surface area contributed by atoms with Gasteiger partial charge in [0, 0.05) is 31.0 Å². The number of ether oxygens (including phenoxy) is 2. The average molecular weight is 288 g/mol. The maximum atomic E-state index is 11.9. The van der Waals surface area contributed by atoms with E-state index >= 15 is 0 Å². The van der Waals surface area contributed by atoms with Crippen molar-refractivity contribution in [3.8, 4) is 11.5 Å². The van der Waals surface area contributed by atoms with E-state index in [9.17, 15) is 4.79 Å². The summed E-state index contributed by atoms with van der Waals surface area (Å²) >= 11 is 0. The van der Waals surface area contributed by atoms with Gasteiger partial charge in [0.05, 0.1) is 0 Å². The van der Waals surface area contributed by atoms with E-state index < -0.39 is 0 Å². The number of hydrogen-bond donors (Lipinski definition) is 0. The van der Waals surface area contributed by atoms with Gasteiger partial charge in [0.2, 0.25) is 12.7 Å². The van der Waals surface area contributed by atoms with Gasteiger partial charge in [0.1, 0.15) is 0 Å². The molecule has 2 heterocycles. The SMILES string of the molecule is [N-]=[N+]=NCC1CC(=O)N(CCc2cccc3c2OCO3)C1. The van der Waals surface area contributed by atoms with Gasteiger partial charge in [0.25, 0.3) is 0 Å². The first-order valence-corrected chi connectivity index (χ1v) is 6.94. The fraction of sp³-hybridized carbons (Fsp3) is 0.500. The third kappa shape index (κ3) is 2.87. The van der Waals surface area contributed by atoms with E-state index in [0.717, 1.165) is 23.5 Å². The lowest BCUT2D eigenvalue weighted by atomic mass is 10.1. The minimum Gasteiger partial charge on any atom is -0.454 e. The van der Waals surface area contributed by atoms with Gasteiger partial charge in [0.15, 0.2) is 11.5 Å². The standard InChI is InChI=1S/C14H16N4O3/c15-17-16-7-10-6-13(19)18(8-10)5-4-11-2-1-3-12-14(11)21-9-20-12/h1-3,10H,4-9H2. The van der Waals surface area contributed by atoms with Crippen LogP contribution in [0.1, 0.15) is 12.0 Å². The summed E-state index contributed by atoms with van der Waals surface area (Å²) in [5.74, 6) is 1.81. The van der Waals surface area contributed by atoms with Gasteiger partial charge in [-0.15, -0.1) is 0 Å². The topological polar surface area (TPSA) is 87.5 Å². The van der Waals surface area contributed by atoms with Gasteiger partial charge in [-0.05, 0) is 29.5 Å². The minimum absolute atomic E-state index is 0.123. The van der Waals surface area contributed by atoms with E-state index in [4.69, 9.17) is 15.0 Å². The van der Waals surface area contributed by atoms with Crippen LogP contribution in [0.4, 0.5) is 0 Å². The Balaban J connectivity index is 1.60. The fourth-order valence-corrected chi connectivity index (χ4v) is 2.79. The minimum atomic E-state index is 0.123. The maximum absolute atomic E-state index is 11.9. The molecule has 0 saturated carbocycles. The number of amides is 1. The summed E-state index contributed by atoms with van der Waals surface area (Å²) in [6.45, 7) is 1.94. The highest BCUT2D eigenvalue weighted by molar-refractivity contribution is 5.78. The molecule has 1 aromatic rings. The molecule has 1 unspecified atom stereocenters. The highest BCUT2D eigenvalue weighted by Crippen LogP contribution is 2.35. The van der Waals surface area contributed by atoms with Crippen molar-refractivity contribution in [3.63, 3.8) is 0 Å². The molecule has 0 aliphatic carbocycles. The molecule has 0 bridgehead atoms.